The summed E-state index contributed by atoms with van der Waals surface area (Å²) in [4.78, 5) is 2.25. The van der Waals surface area contributed by atoms with Crippen LogP contribution >= 0.6 is 11.6 Å². The van der Waals surface area contributed by atoms with E-state index in [4.69, 9.17) is 11.6 Å². The molecule has 0 fully saturated rings. The number of halogens is 1. The zero-order valence-electron chi connectivity index (χ0n) is 29.8. The molecule has 0 spiro atoms. The number of nitrogens with zero attached hydrogens (tertiary/aromatic N) is 2. The Labute approximate surface area is 327 Å². The van der Waals surface area contributed by atoms with E-state index in [9.17, 15) is 21.7 Å². The molecule has 0 saturated heterocycles. The molecule has 0 radical (unpaired) electrons. The van der Waals surface area contributed by atoms with Crippen LogP contribution in [0.15, 0.2) is 94.7 Å². The maximum atomic E-state index is 11.2. The van der Waals surface area contributed by atoms with Gasteiger partial charge in [-0.3, -0.25) is 4.21 Å². The van der Waals surface area contributed by atoms with Gasteiger partial charge in [-0.1, -0.05) is 85.1 Å². The molecule has 0 amide bonds. The SMILES string of the molecule is CC1(C)C(/C=C/C2=C(Cl)C(=C/C=C3\N(CCCCS(=O)(=O)[O-])c4ccccc4C3(C)C)/CCC2)=[N+](CCCCS(=O)[O-])c2ccccc21.[Na+].[OH-]. The smallest absolute Gasteiger partial charge is 0.870 e. The third-order valence-electron chi connectivity index (χ3n) is 9.91. The van der Waals surface area contributed by atoms with Crippen LogP contribution < -0.4 is 34.5 Å². The van der Waals surface area contributed by atoms with Gasteiger partial charge in [-0.05, 0) is 81.2 Å². The quantitative estimate of drug-likeness (QED) is 0.0952. The number of anilines is 1. The number of hydrogen-bond acceptors (Lipinski definition) is 7. The fraction of sp³-hybridized carbons (Fsp3) is 0.447. The monoisotopic (exact) mass is 749 g/mol. The fourth-order valence-corrected chi connectivity index (χ4v) is 8.68. The van der Waals surface area contributed by atoms with Crippen molar-refractivity contribution in [3.63, 3.8) is 0 Å². The third kappa shape index (κ3) is 9.57. The van der Waals surface area contributed by atoms with E-state index >= 15 is 0 Å². The van der Waals surface area contributed by atoms with Gasteiger partial charge in [-0.25, -0.2) is 8.42 Å². The molecule has 2 heterocycles. The van der Waals surface area contributed by atoms with E-state index in [1.165, 1.54) is 22.5 Å². The summed E-state index contributed by atoms with van der Waals surface area (Å²) in [7, 11) is -4.24. The van der Waals surface area contributed by atoms with Crippen LogP contribution in [0.1, 0.15) is 83.8 Å². The minimum atomic E-state index is -4.24. The van der Waals surface area contributed by atoms with Crippen LogP contribution in [0.4, 0.5) is 11.4 Å². The normalized spacial score (nSPS) is 20.3. The summed E-state index contributed by atoms with van der Waals surface area (Å²) in [6.07, 6.45) is 13.7. The first-order valence-electron chi connectivity index (χ1n) is 16.8. The number of unbranched alkanes of at least 4 members (excludes halogenated alkanes) is 2. The van der Waals surface area contributed by atoms with Crippen molar-refractivity contribution < 1.29 is 61.3 Å². The van der Waals surface area contributed by atoms with Gasteiger partial charge in [-0.2, -0.15) is 4.58 Å². The van der Waals surface area contributed by atoms with Crippen molar-refractivity contribution in [3.8, 4) is 0 Å². The minimum Gasteiger partial charge on any atom is -0.870 e. The molecule has 5 rings (SSSR count). The predicted molar refractivity (Wildman–Crippen MR) is 197 cm³/mol. The molecule has 266 valence electrons. The zero-order valence-corrected chi connectivity index (χ0v) is 34.2. The molecule has 1 N–H and O–H groups in total. The number of fused-ring (bicyclic) bond motifs is 2. The van der Waals surface area contributed by atoms with Gasteiger partial charge in [0.1, 0.15) is 6.54 Å². The summed E-state index contributed by atoms with van der Waals surface area (Å²) < 4.78 is 58.1. The van der Waals surface area contributed by atoms with Gasteiger partial charge < -0.3 is 19.5 Å². The van der Waals surface area contributed by atoms with E-state index in [0.717, 1.165) is 59.8 Å². The van der Waals surface area contributed by atoms with E-state index in [1.54, 1.807) is 0 Å². The Balaban J connectivity index is 0.00000338. The maximum Gasteiger partial charge on any atom is 1.00 e. The molecule has 0 saturated carbocycles. The summed E-state index contributed by atoms with van der Waals surface area (Å²) in [5.74, 6) is -0.181. The van der Waals surface area contributed by atoms with Gasteiger partial charge in [-0.15, -0.1) is 0 Å². The average Bonchev–Trinajstić information content (AvgIpc) is 3.38. The summed E-state index contributed by atoms with van der Waals surface area (Å²) in [5, 5.41) is 0.772. The molecule has 2 aromatic rings. The summed E-state index contributed by atoms with van der Waals surface area (Å²) in [6, 6.07) is 16.7. The maximum absolute atomic E-state index is 11.2. The Kier molecular flexibility index (Phi) is 15.1. The van der Waals surface area contributed by atoms with E-state index in [-0.39, 0.29) is 57.4 Å². The van der Waals surface area contributed by atoms with Crippen LogP contribution in [-0.2, 0) is 32.0 Å². The van der Waals surface area contributed by atoms with Gasteiger partial charge in [0.25, 0.3) is 0 Å². The molecule has 50 heavy (non-hydrogen) atoms. The molecule has 2 aliphatic heterocycles. The number of benzene rings is 2. The van der Waals surface area contributed by atoms with Gasteiger partial charge >= 0.3 is 29.6 Å². The van der Waals surface area contributed by atoms with Gasteiger partial charge in [0, 0.05) is 64.0 Å². The van der Waals surface area contributed by atoms with Crippen molar-refractivity contribution in [2.24, 2.45) is 0 Å². The standard InChI is InChI=1S/C38H47ClN2O5S2.Na.H2O/c1-37(2)30-16-5-7-18-32(30)40(24-9-11-26-47(42)43)34(37)22-20-28-14-13-15-29(36(28)39)21-23-35-38(3,4)31-17-6-8-19-33(31)41(35)25-10-12-27-48(44,45)46;;/h5-8,16-23H,9-15,24-27H2,1-4H3,(H-,42,43,44,45,46);;1H2/q;+1;/p-2. The molecule has 0 aromatic heterocycles. The van der Waals surface area contributed by atoms with Crippen molar-refractivity contribution in [3.05, 3.63) is 106 Å². The minimum absolute atomic E-state index is 0. The van der Waals surface area contributed by atoms with Crippen molar-refractivity contribution >= 4 is 49.9 Å². The Bertz CT molecular complexity index is 1850. The first-order valence-corrected chi connectivity index (χ1v) is 20.0. The molecule has 1 unspecified atom stereocenters. The predicted octanol–water partition coefficient (Wildman–Crippen LogP) is 4.72. The van der Waals surface area contributed by atoms with Crippen LogP contribution in [0.2, 0.25) is 0 Å². The molecule has 0 bridgehead atoms. The van der Waals surface area contributed by atoms with E-state index in [1.807, 2.05) is 12.1 Å². The Morgan fingerprint density at radius 3 is 2.30 bits per heavy atom. The van der Waals surface area contributed by atoms with Gasteiger partial charge in [0.05, 0.1) is 15.5 Å². The Morgan fingerprint density at radius 1 is 0.920 bits per heavy atom. The van der Waals surface area contributed by atoms with E-state index in [0.29, 0.717) is 25.8 Å². The number of para-hydroxylation sites is 2. The molecule has 1 aliphatic carbocycles. The molecular weight excluding hydrogens is 703 g/mol. The summed E-state index contributed by atoms with van der Waals surface area (Å²) in [6.45, 7) is 10.2. The number of hydrogen-bond donors (Lipinski definition) is 0. The van der Waals surface area contributed by atoms with Crippen molar-refractivity contribution in [1.82, 2.24) is 0 Å². The molecule has 3 aliphatic rings. The largest absolute Gasteiger partial charge is 1.00 e. The number of allylic oxidation sites excluding steroid dienone is 8. The second-order valence-corrected chi connectivity index (χ2v) is 16.8. The summed E-state index contributed by atoms with van der Waals surface area (Å²) >= 11 is 5.11. The van der Waals surface area contributed by atoms with Crippen LogP contribution in [0, 0.1) is 0 Å². The third-order valence-corrected chi connectivity index (χ3v) is 11.8. The average molecular weight is 750 g/mol. The molecule has 12 heteroatoms. The molecule has 1 atom stereocenters. The Hall–Kier alpha value is -1.86. The fourth-order valence-electron chi connectivity index (χ4n) is 7.37. The molecular formula is C38H47ClN2NaO6S2-. The zero-order chi connectivity index (χ0) is 34.7. The van der Waals surface area contributed by atoms with Crippen LogP contribution in [0.3, 0.4) is 0 Å². The van der Waals surface area contributed by atoms with Gasteiger partial charge in [0.15, 0.2) is 5.71 Å². The number of rotatable bonds is 13. The first kappa shape index (κ1) is 42.6. The van der Waals surface area contributed by atoms with E-state index < -0.39 is 21.2 Å². The second kappa shape index (κ2) is 17.8. The van der Waals surface area contributed by atoms with E-state index in [2.05, 4.69) is 97.9 Å². The second-order valence-electron chi connectivity index (χ2n) is 13.9. The van der Waals surface area contributed by atoms with Crippen LogP contribution in [0.5, 0.6) is 0 Å². The Morgan fingerprint density at radius 2 is 1.60 bits per heavy atom. The van der Waals surface area contributed by atoms with Crippen molar-refractivity contribution in [1.29, 1.82) is 0 Å². The van der Waals surface area contributed by atoms with Gasteiger partial charge in [0.2, 0.25) is 5.69 Å². The van der Waals surface area contributed by atoms with Crippen LogP contribution in [-0.4, -0.2) is 62.1 Å². The van der Waals surface area contributed by atoms with Crippen molar-refractivity contribution in [2.75, 3.05) is 29.5 Å². The summed E-state index contributed by atoms with van der Waals surface area (Å²) in [5.41, 5.74) is 8.73. The van der Waals surface area contributed by atoms with Crippen LogP contribution in [0.25, 0.3) is 0 Å². The molecule has 8 nitrogen and oxygen atoms in total. The first-order chi connectivity index (χ1) is 22.7. The topological polar surface area (TPSA) is 134 Å². The van der Waals surface area contributed by atoms with Crippen molar-refractivity contribution in [2.45, 2.75) is 83.5 Å². The molecule has 2 aromatic carbocycles.